The molecule has 0 aliphatic rings. The van der Waals surface area contributed by atoms with Gasteiger partial charge in [-0.05, 0) is 52.2 Å². The number of hydrogen-bond acceptors (Lipinski definition) is 2. The second-order valence-electron chi connectivity index (χ2n) is 6.77. The van der Waals surface area contributed by atoms with Gasteiger partial charge in [-0.3, -0.25) is 0 Å². The zero-order valence-corrected chi connectivity index (χ0v) is 14.1. The lowest BCUT2D eigenvalue weighted by atomic mass is 10.0. The summed E-state index contributed by atoms with van der Waals surface area (Å²) in [7, 11) is 0. The van der Waals surface area contributed by atoms with Crippen LogP contribution in [0.5, 0.6) is 0 Å². The topological polar surface area (TPSA) is 43.8 Å². The van der Waals surface area contributed by atoms with Gasteiger partial charge in [0.1, 0.15) is 17.3 Å². The third kappa shape index (κ3) is 2.82. The summed E-state index contributed by atoms with van der Waals surface area (Å²) in [4.78, 5) is 4.88. The third-order valence-electron chi connectivity index (χ3n) is 3.99. The van der Waals surface area contributed by atoms with Crippen molar-refractivity contribution in [2.45, 2.75) is 59.9 Å². The first-order valence-corrected chi connectivity index (χ1v) is 7.71. The van der Waals surface area contributed by atoms with Crippen molar-refractivity contribution in [1.29, 1.82) is 0 Å². The number of rotatable bonds is 3. The van der Waals surface area contributed by atoms with Gasteiger partial charge in [0.15, 0.2) is 0 Å². The molecule has 3 heteroatoms. The summed E-state index contributed by atoms with van der Waals surface area (Å²) >= 11 is 0. The van der Waals surface area contributed by atoms with E-state index in [4.69, 9.17) is 10.7 Å². The Labute approximate surface area is 128 Å². The Bertz CT molecular complexity index is 645. The van der Waals surface area contributed by atoms with Gasteiger partial charge in [0.05, 0.1) is 0 Å². The maximum absolute atomic E-state index is 6.47. The van der Waals surface area contributed by atoms with Crippen LogP contribution in [0.25, 0.3) is 11.3 Å². The molecule has 2 N–H and O–H groups in total. The van der Waals surface area contributed by atoms with Gasteiger partial charge in [-0.15, -0.1) is 0 Å². The number of aromatic nitrogens is 2. The fourth-order valence-corrected chi connectivity index (χ4v) is 2.83. The lowest BCUT2D eigenvalue weighted by Gasteiger charge is -2.25. The van der Waals surface area contributed by atoms with Gasteiger partial charge < -0.3 is 10.3 Å². The Balaban J connectivity index is 2.68. The Morgan fingerprint density at radius 3 is 2.43 bits per heavy atom. The Morgan fingerprint density at radius 2 is 1.86 bits per heavy atom. The maximum Gasteiger partial charge on any atom is 0.132 e. The van der Waals surface area contributed by atoms with Gasteiger partial charge in [0.2, 0.25) is 0 Å². The highest BCUT2D eigenvalue weighted by Crippen LogP contribution is 2.34. The van der Waals surface area contributed by atoms with Gasteiger partial charge in [-0.1, -0.05) is 25.1 Å². The number of aryl methyl sites for hydroxylation is 2. The third-order valence-corrected chi connectivity index (χ3v) is 3.99. The number of nitrogens with two attached hydrogens (primary N) is 1. The van der Waals surface area contributed by atoms with Crippen molar-refractivity contribution < 1.29 is 0 Å². The minimum absolute atomic E-state index is 0.0580. The molecule has 0 atom stereocenters. The van der Waals surface area contributed by atoms with E-state index in [-0.39, 0.29) is 5.54 Å². The average molecular weight is 285 g/mol. The number of benzene rings is 1. The van der Waals surface area contributed by atoms with Crippen LogP contribution in [0.2, 0.25) is 0 Å². The second-order valence-corrected chi connectivity index (χ2v) is 6.77. The molecule has 114 valence electrons. The first-order valence-electron chi connectivity index (χ1n) is 7.71. The van der Waals surface area contributed by atoms with Crippen molar-refractivity contribution >= 4 is 5.82 Å². The summed E-state index contributed by atoms with van der Waals surface area (Å²) in [6.07, 6.45) is 2.02. The molecule has 2 rings (SSSR count). The second kappa shape index (κ2) is 5.55. The molecule has 21 heavy (non-hydrogen) atoms. The molecule has 0 unspecified atom stereocenters. The summed E-state index contributed by atoms with van der Waals surface area (Å²) in [6.45, 7) is 13.0. The molecule has 0 amide bonds. The van der Waals surface area contributed by atoms with E-state index >= 15 is 0 Å². The van der Waals surface area contributed by atoms with E-state index in [0.717, 1.165) is 35.7 Å². The van der Waals surface area contributed by atoms with Crippen LogP contribution in [-0.2, 0) is 12.0 Å². The fraction of sp³-hybridized carbons (Fsp3) is 0.500. The molecule has 0 aliphatic heterocycles. The molecule has 1 heterocycles. The first kappa shape index (κ1) is 15.6. The highest BCUT2D eigenvalue weighted by Gasteiger charge is 2.24. The van der Waals surface area contributed by atoms with Crippen LogP contribution in [0.4, 0.5) is 5.82 Å². The molecule has 0 fully saturated rings. The molecule has 3 nitrogen and oxygen atoms in total. The van der Waals surface area contributed by atoms with Gasteiger partial charge in [-0.25, -0.2) is 4.98 Å². The summed E-state index contributed by atoms with van der Waals surface area (Å²) in [5, 5.41) is 0. The summed E-state index contributed by atoms with van der Waals surface area (Å²) in [5.41, 5.74) is 11.0. The van der Waals surface area contributed by atoms with Crippen LogP contribution < -0.4 is 5.73 Å². The Hall–Kier alpha value is -1.77. The van der Waals surface area contributed by atoms with Crippen molar-refractivity contribution in [3.63, 3.8) is 0 Å². The largest absolute Gasteiger partial charge is 0.383 e. The Morgan fingerprint density at radius 1 is 1.19 bits per heavy atom. The van der Waals surface area contributed by atoms with E-state index in [1.165, 1.54) is 11.1 Å². The first-order chi connectivity index (χ1) is 9.77. The van der Waals surface area contributed by atoms with Crippen LogP contribution in [0.3, 0.4) is 0 Å². The lowest BCUT2D eigenvalue weighted by Crippen LogP contribution is -2.25. The number of hydrogen-bond donors (Lipinski definition) is 1. The lowest BCUT2D eigenvalue weighted by molar-refractivity contribution is 0.387. The molecule has 2 aromatic rings. The highest BCUT2D eigenvalue weighted by molar-refractivity contribution is 5.74. The summed E-state index contributed by atoms with van der Waals surface area (Å²) in [5.74, 6) is 1.86. The van der Waals surface area contributed by atoms with Crippen molar-refractivity contribution in [3.05, 3.63) is 35.2 Å². The molecular weight excluding hydrogens is 258 g/mol. The van der Waals surface area contributed by atoms with Crippen LogP contribution in [0.15, 0.2) is 18.2 Å². The van der Waals surface area contributed by atoms with Gasteiger partial charge in [0, 0.05) is 17.5 Å². The molecule has 1 aromatic carbocycles. The summed E-state index contributed by atoms with van der Waals surface area (Å²) < 4.78 is 2.19. The SMILES string of the molecule is CCCc1nc(-c2cccc(C)c2C)c(N)n1C(C)(C)C. The van der Waals surface area contributed by atoms with E-state index in [2.05, 4.69) is 64.3 Å². The predicted molar refractivity (Wildman–Crippen MR) is 90.5 cm³/mol. The van der Waals surface area contributed by atoms with Crippen molar-refractivity contribution in [1.82, 2.24) is 9.55 Å². The van der Waals surface area contributed by atoms with Crippen molar-refractivity contribution in [2.24, 2.45) is 0 Å². The average Bonchev–Trinajstić information content (AvgIpc) is 2.70. The minimum atomic E-state index is -0.0580. The van der Waals surface area contributed by atoms with E-state index in [9.17, 15) is 0 Å². The number of nitrogens with zero attached hydrogens (tertiary/aromatic N) is 2. The van der Waals surface area contributed by atoms with Crippen LogP contribution in [0.1, 0.15) is 51.1 Å². The molecule has 1 aromatic heterocycles. The van der Waals surface area contributed by atoms with Crippen molar-refractivity contribution in [2.75, 3.05) is 5.73 Å². The molecule has 0 saturated carbocycles. The molecule has 0 radical (unpaired) electrons. The zero-order chi connectivity index (χ0) is 15.8. The quantitative estimate of drug-likeness (QED) is 0.905. The van der Waals surface area contributed by atoms with Crippen LogP contribution >= 0.6 is 0 Å². The van der Waals surface area contributed by atoms with E-state index < -0.39 is 0 Å². The normalized spacial score (nSPS) is 11.9. The van der Waals surface area contributed by atoms with E-state index in [1.54, 1.807) is 0 Å². The highest BCUT2D eigenvalue weighted by atomic mass is 15.2. The molecular formula is C18H27N3. The predicted octanol–water partition coefficient (Wildman–Crippen LogP) is 4.46. The maximum atomic E-state index is 6.47. The molecule has 0 spiro atoms. The van der Waals surface area contributed by atoms with Gasteiger partial charge in [0.25, 0.3) is 0 Å². The smallest absolute Gasteiger partial charge is 0.132 e. The molecule has 0 bridgehead atoms. The van der Waals surface area contributed by atoms with E-state index in [1.807, 2.05) is 0 Å². The Kier molecular flexibility index (Phi) is 4.13. The summed E-state index contributed by atoms with van der Waals surface area (Å²) in [6, 6.07) is 6.32. The van der Waals surface area contributed by atoms with Gasteiger partial charge in [-0.2, -0.15) is 0 Å². The van der Waals surface area contributed by atoms with Crippen LogP contribution in [0, 0.1) is 13.8 Å². The van der Waals surface area contributed by atoms with Crippen molar-refractivity contribution in [3.8, 4) is 11.3 Å². The molecule has 0 saturated heterocycles. The number of anilines is 1. The minimum Gasteiger partial charge on any atom is -0.383 e. The zero-order valence-electron chi connectivity index (χ0n) is 14.1. The standard InChI is InChI=1S/C18H27N3/c1-7-9-15-20-16(17(19)21(15)18(4,5)6)14-11-8-10-12(2)13(14)3/h8,10-11H,7,9,19H2,1-6H3. The van der Waals surface area contributed by atoms with E-state index in [0.29, 0.717) is 0 Å². The fourth-order valence-electron chi connectivity index (χ4n) is 2.83. The van der Waals surface area contributed by atoms with Crippen LogP contribution in [-0.4, -0.2) is 9.55 Å². The number of imidazole rings is 1. The molecule has 0 aliphatic carbocycles. The van der Waals surface area contributed by atoms with Gasteiger partial charge >= 0.3 is 0 Å². The monoisotopic (exact) mass is 285 g/mol. The number of nitrogen functional groups attached to an aromatic ring is 1.